The minimum Gasteiger partial charge on any atom is -0.423 e. The number of hydrogen-bond donors (Lipinski definition) is 2. The van der Waals surface area contributed by atoms with Crippen LogP contribution in [-0.4, -0.2) is 36.5 Å². The topological polar surface area (TPSA) is 123 Å². The second-order valence-electron chi connectivity index (χ2n) is 10.6. The Bertz CT molecular complexity index is 1480. The van der Waals surface area contributed by atoms with Crippen molar-refractivity contribution in [2.75, 3.05) is 6.54 Å². The lowest BCUT2D eigenvalue weighted by Gasteiger charge is -2.11. The van der Waals surface area contributed by atoms with Crippen LogP contribution in [0.4, 0.5) is 0 Å². The summed E-state index contributed by atoms with van der Waals surface area (Å²) in [7, 11) is 0. The van der Waals surface area contributed by atoms with Crippen molar-refractivity contribution in [3.63, 3.8) is 0 Å². The van der Waals surface area contributed by atoms with Crippen molar-refractivity contribution in [1.82, 2.24) is 10.7 Å². The van der Waals surface area contributed by atoms with E-state index in [0.717, 1.165) is 19.3 Å². The van der Waals surface area contributed by atoms with Crippen molar-refractivity contribution in [2.45, 2.75) is 71.1 Å². The Morgan fingerprint density at radius 3 is 1.83 bits per heavy atom. The third-order valence-corrected chi connectivity index (χ3v) is 7.41. The lowest BCUT2D eigenvalue weighted by molar-refractivity contribution is -0.126. The number of esters is 2. The van der Waals surface area contributed by atoms with E-state index < -0.39 is 17.8 Å². The zero-order valence-electron chi connectivity index (χ0n) is 25.9. The van der Waals surface area contributed by atoms with Gasteiger partial charge in [-0.2, -0.15) is 5.10 Å². The molecule has 0 saturated carbocycles. The van der Waals surface area contributed by atoms with E-state index in [2.05, 4.69) is 22.8 Å². The van der Waals surface area contributed by atoms with Crippen molar-refractivity contribution >= 4 is 53.2 Å². The molecule has 9 nitrogen and oxygen atoms in total. The number of carbonyl (C=O) groups is 4. The highest BCUT2D eigenvalue weighted by Gasteiger charge is 2.15. The number of halogens is 2. The Hall–Kier alpha value is -4.21. The fraction of sp³-hybridized carbons (Fsp3) is 0.343. The molecule has 0 bridgehead atoms. The molecule has 3 aromatic carbocycles. The number of ether oxygens (including phenoxy) is 2. The highest BCUT2D eigenvalue weighted by molar-refractivity contribution is 6.31. The molecule has 0 heterocycles. The summed E-state index contributed by atoms with van der Waals surface area (Å²) in [5, 5.41) is 7.46. The fourth-order valence-corrected chi connectivity index (χ4v) is 4.60. The molecule has 46 heavy (non-hydrogen) atoms. The predicted octanol–water partition coefficient (Wildman–Crippen LogP) is 7.92. The summed E-state index contributed by atoms with van der Waals surface area (Å²) in [6, 6.07) is 16.7. The normalized spacial score (nSPS) is 10.8. The van der Waals surface area contributed by atoms with E-state index in [0.29, 0.717) is 22.0 Å². The maximum atomic E-state index is 12.8. The van der Waals surface area contributed by atoms with Crippen LogP contribution in [0.3, 0.4) is 0 Å². The first-order valence-electron chi connectivity index (χ1n) is 15.4. The summed E-state index contributed by atoms with van der Waals surface area (Å²) >= 11 is 11.8. The molecule has 3 rings (SSSR count). The molecule has 0 aromatic heterocycles. The number of nitrogens with zero attached hydrogens (tertiary/aromatic N) is 1. The first-order valence-corrected chi connectivity index (χ1v) is 16.2. The van der Waals surface area contributed by atoms with Gasteiger partial charge in [0.2, 0.25) is 5.91 Å². The minimum atomic E-state index is -0.689. The summed E-state index contributed by atoms with van der Waals surface area (Å²) in [6.07, 6.45) is 12.0. The zero-order chi connectivity index (χ0) is 33.1. The number of amides is 2. The average molecular weight is 669 g/mol. The molecule has 0 fully saturated rings. The molecular formula is C35H39Cl2N3O6. The van der Waals surface area contributed by atoms with Crippen LogP contribution < -0.4 is 20.2 Å². The number of unbranched alkanes of at least 4 members (excludes halogenated alkanes) is 8. The number of carbonyl (C=O) groups excluding carboxylic acids is 4. The highest BCUT2D eigenvalue weighted by Crippen LogP contribution is 2.26. The van der Waals surface area contributed by atoms with Crippen LogP contribution in [0, 0.1) is 0 Å². The van der Waals surface area contributed by atoms with E-state index in [4.69, 9.17) is 32.7 Å². The summed E-state index contributed by atoms with van der Waals surface area (Å²) in [5.74, 6) is -1.91. The summed E-state index contributed by atoms with van der Waals surface area (Å²) < 4.78 is 11.0. The van der Waals surface area contributed by atoms with Crippen LogP contribution in [0.25, 0.3) is 0 Å². The van der Waals surface area contributed by atoms with Crippen LogP contribution in [0.15, 0.2) is 71.8 Å². The molecule has 11 heteroatoms. The van der Waals surface area contributed by atoms with Crippen molar-refractivity contribution < 1.29 is 28.7 Å². The molecule has 0 spiro atoms. The van der Waals surface area contributed by atoms with Gasteiger partial charge in [0, 0.05) is 28.1 Å². The standard InChI is InChI=1S/C35H39Cl2N3O6/c1-2-3-4-5-6-7-8-9-10-11-32(41)38-24-33(42)40-39-23-27-16-21-30(45-34(43)25-12-17-28(36)18-13-25)22-31(27)46-35(44)26-14-19-29(37)20-15-26/h12-23H,2-11,24H2,1H3,(H,38,41)(H,40,42)/b39-23+. The van der Waals surface area contributed by atoms with Crippen LogP contribution in [0.5, 0.6) is 11.5 Å². The summed E-state index contributed by atoms with van der Waals surface area (Å²) in [4.78, 5) is 49.8. The van der Waals surface area contributed by atoms with Crippen molar-refractivity contribution in [2.24, 2.45) is 5.10 Å². The Labute approximate surface area is 279 Å². The molecule has 0 atom stereocenters. The first kappa shape index (κ1) is 36.3. The molecule has 0 unspecified atom stereocenters. The van der Waals surface area contributed by atoms with E-state index in [9.17, 15) is 19.2 Å². The van der Waals surface area contributed by atoms with Gasteiger partial charge >= 0.3 is 11.9 Å². The summed E-state index contributed by atoms with van der Waals surface area (Å²) in [6.45, 7) is 1.97. The van der Waals surface area contributed by atoms with E-state index >= 15 is 0 Å². The van der Waals surface area contributed by atoms with Gasteiger partial charge in [0.05, 0.1) is 23.9 Å². The number of benzene rings is 3. The van der Waals surface area contributed by atoms with Crippen LogP contribution in [0.2, 0.25) is 10.0 Å². The molecule has 0 aliphatic rings. The first-order chi connectivity index (χ1) is 22.2. The highest BCUT2D eigenvalue weighted by atomic mass is 35.5. The van der Waals surface area contributed by atoms with Crippen molar-refractivity contribution in [3.05, 3.63) is 93.5 Å². The lowest BCUT2D eigenvalue weighted by atomic mass is 10.1. The molecule has 244 valence electrons. The van der Waals surface area contributed by atoms with E-state index in [1.54, 1.807) is 24.3 Å². The maximum absolute atomic E-state index is 12.8. The third kappa shape index (κ3) is 13.4. The van der Waals surface area contributed by atoms with Gasteiger partial charge in [-0.1, -0.05) is 81.5 Å². The Morgan fingerprint density at radius 2 is 1.24 bits per heavy atom. The van der Waals surface area contributed by atoms with Gasteiger partial charge in [0.25, 0.3) is 5.91 Å². The Morgan fingerprint density at radius 1 is 0.696 bits per heavy atom. The molecule has 2 N–H and O–H groups in total. The molecule has 2 amide bonds. The second kappa shape index (κ2) is 20.0. The largest absolute Gasteiger partial charge is 0.423 e. The van der Waals surface area contributed by atoms with Gasteiger partial charge in [-0.15, -0.1) is 0 Å². The molecule has 0 radical (unpaired) electrons. The molecular weight excluding hydrogens is 629 g/mol. The van der Waals surface area contributed by atoms with Gasteiger partial charge in [0.1, 0.15) is 11.5 Å². The number of hydrogen-bond acceptors (Lipinski definition) is 7. The van der Waals surface area contributed by atoms with Crippen LogP contribution in [0.1, 0.15) is 97.4 Å². The molecule has 0 aliphatic heterocycles. The van der Waals surface area contributed by atoms with E-state index in [-0.39, 0.29) is 35.1 Å². The average Bonchev–Trinajstić information content (AvgIpc) is 3.04. The Kier molecular flexibility index (Phi) is 15.8. The molecule has 3 aromatic rings. The minimum absolute atomic E-state index is 0.0219. The quantitative estimate of drug-likeness (QED) is 0.0467. The zero-order valence-corrected chi connectivity index (χ0v) is 27.4. The monoisotopic (exact) mass is 667 g/mol. The fourth-order valence-electron chi connectivity index (χ4n) is 4.35. The van der Waals surface area contributed by atoms with Crippen LogP contribution >= 0.6 is 23.2 Å². The van der Waals surface area contributed by atoms with Gasteiger partial charge in [-0.3, -0.25) is 9.59 Å². The van der Waals surface area contributed by atoms with E-state index in [1.165, 1.54) is 87.2 Å². The lowest BCUT2D eigenvalue weighted by Crippen LogP contribution is -2.34. The van der Waals surface area contributed by atoms with Gasteiger partial charge in [-0.25, -0.2) is 15.0 Å². The molecule has 0 aliphatic carbocycles. The number of nitrogens with one attached hydrogen (secondary N) is 2. The van der Waals surface area contributed by atoms with Crippen molar-refractivity contribution in [1.29, 1.82) is 0 Å². The smallest absolute Gasteiger partial charge is 0.343 e. The number of rotatable bonds is 18. The van der Waals surface area contributed by atoms with E-state index in [1.807, 2.05) is 0 Å². The van der Waals surface area contributed by atoms with Crippen LogP contribution in [-0.2, 0) is 9.59 Å². The number of hydrazone groups is 1. The molecule has 0 saturated heterocycles. The second-order valence-corrected chi connectivity index (χ2v) is 11.5. The third-order valence-electron chi connectivity index (χ3n) is 6.90. The SMILES string of the molecule is CCCCCCCCCCCC(=O)NCC(=O)N/N=C/c1ccc(OC(=O)c2ccc(Cl)cc2)cc1OC(=O)c1ccc(Cl)cc1. The Balaban J connectivity index is 1.54. The predicted molar refractivity (Wildman–Crippen MR) is 180 cm³/mol. The maximum Gasteiger partial charge on any atom is 0.343 e. The van der Waals surface area contributed by atoms with Gasteiger partial charge < -0.3 is 14.8 Å². The summed E-state index contributed by atoms with van der Waals surface area (Å²) in [5.41, 5.74) is 3.17. The van der Waals surface area contributed by atoms with Crippen molar-refractivity contribution in [3.8, 4) is 11.5 Å². The van der Waals surface area contributed by atoms with Gasteiger partial charge in [0.15, 0.2) is 0 Å². The van der Waals surface area contributed by atoms with Gasteiger partial charge in [-0.05, 0) is 67.1 Å².